The fourth-order valence-electron chi connectivity index (χ4n) is 0.245. The van der Waals surface area contributed by atoms with Crippen LogP contribution in [0.2, 0.25) is 0 Å². The summed E-state index contributed by atoms with van der Waals surface area (Å²) in [4.78, 5) is 2.65. The summed E-state index contributed by atoms with van der Waals surface area (Å²) in [5.74, 6) is 0. The number of nitrogens with zero attached hydrogens (tertiary/aromatic N) is 2. The van der Waals surface area contributed by atoms with Crippen molar-refractivity contribution in [2.24, 2.45) is 0 Å². The molecule has 0 amide bonds. The highest BCUT2D eigenvalue weighted by molar-refractivity contribution is 7.80. The van der Waals surface area contributed by atoms with Crippen LogP contribution in [0.15, 0.2) is 10.3 Å². The van der Waals surface area contributed by atoms with Gasteiger partial charge in [0, 0.05) is 0 Å². The van der Waals surface area contributed by atoms with Crippen molar-refractivity contribution in [1.29, 1.82) is 0 Å². The highest BCUT2D eigenvalue weighted by Gasteiger charge is 1.87. The van der Waals surface area contributed by atoms with Crippen molar-refractivity contribution < 1.29 is 0 Å². The molecule has 1 aromatic rings. The first kappa shape index (κ1) is 4.99. The fraction of sp³-hybridized carbons (Fsp3) is 0. The molecular weight excluding hydrogens is 130 g/mol. The van der Waals surface area contributed by atoms with E-state index in [2.05, 4.69) is 40.4 Å². The van der Waals surface area contributed by atoms with Crippen LogP contribution in [0.5, 0.6) is 0 Å². The molecule has 0 spiro atoms. The number of rotatable bonds is 0. The van der Waals surface area contributed by atoms with E-state index in [-0.39, 0.29) is 0 Å². The van der Waals surface area contributed by atoms with Crippen molar-refractivity contribution in [3.8, 4) is 0 Å². The summed E-state index contributed by atoms with van der Waals surface area (Å²) in [6.45, 7) is 0. The number of thiol groups is 2. The molecule has 0 unspecified atom stereocenters. The minimum absolute atomic E-state index is 0.491. The number of nitrogens with one attached hydrogen (secondary N) is 1. The Labute approximate surface area is 51.4 Å². The van der Waals surface area contributed by atoms with Crippen molar-refractivity contribution in [3.63, 3.8) is 0 Å². The Balaban J connectivity index is 3.04. The lowest BCUT2D eigenvalue weighted by Gasteiger charge is -1.69. The van der Waals surface area contributed by atoms with Gasteiger partial charge in [-0.15, -0.1) is 35.5 Å². The van der Waals surface area contributed by atoms with Crippen LogP contribution in [0, 0.1) is 0 Å². The summed E-state index contributed by atoms with van der Waals surface area (Å²) in [5.41, 5.74) is 0. The zero-order valence-electron chi connectivity index (χ0n) is 3.29. The average Bonchev–Trinajstić information content (AvgIpc) is 1.87. The van der Waals surface area contributed by atoms with Crippen LogP contribution in [0.4, 0.5) is 0 Å². The molecule has 1 N–H and O–H groups in total. The summed E-state index contributed by atoms with van der Waals surface area (Å²) >= 11 is 7.65. The molecule has 7 heavy (non-hydrogen) atoms. The number of aromatic amines is 1. The smallest absolute Gasteiger partial charge is 0.186 e. The molecule has 38 valence electrons. The molecule has 0 aliphatic rings. The second-order valence-corrected chi connectivity index (χ2v) is 1.82. The second-order valence-electron chi connectivity index (χ2n) is 0.972. The zero-order valence-corrected chi connectivity index (χ0v) is 5.08. The summed E-state index contributed by atoms with van der Waals surface area (Å²) in [5, 5.41) is 7.98. The molecule has 3 nitrogen and oxygen atoms in total. The molecule has 0 aliphatic heterocycles. The first-order valence-electron chi connectivity index (χ1n) is 1.59. The quantitative estimate of drug-likeness (QED) is 0.448. The van der Waals surface area contributed by atoms with Gasteiger partial charge in [-0.05, 0) is 0 Å². The third kappa shape index (κ3) is 1.10. The summed E-state index contributed by atoms with van der Waals surface area (Å²) in [6, 6.07) is 0. The SMILES string of the molecule is Sc1nnc(S)[nH]1. The maximum Gasteiger partial charge on any atom is 0.186 e. The zero-order chi connectivity index (χ0) is 5.28. The van der Waals surface area contributed by atoms with Crippen molar-refractivity contribution in [2.75, 3.05) is 0 Å². The van der Waals surface area contributed by atoms with Gasteiger partial charge in [-0.1, -0.05) is 0 Å². The van der Waals surface area contributed by atoms with E-state index >= 15 is 0 Å². The van der Waals surface area contributed by atoms with Crippen molar-refractivity contribution in [1.82, 2.24) is 15.2 Å². The Morgan fingerprint density at radius 2 is 1.57 bits per heavy atom. The van der Waals surface area contributed by atoms with Gasteiger partial charge in [-0.25, -0.2) is 0 Å². The van der Waals surface area contributed by atoms with E-state index < -0.39 is 0 Å². The predicted molar refractivity (Wildman–Crippen MR) is 30.9 cm³/mol. The molecule has 0 saturated heterocycles. The number of hydrogen-bond acceptors (Lipinski definition) is 4. The van der Waals surface area contributed by atoms with Crippen LogP contribution < -0.4 is 0 Å². The summed E-state index contributed by atoms with van der Waals surface area (Å²) < 4.78 is 0. The number of H-pyrrole nitrogens is 1. The normalized spacial score (nSPS) is 9.43. The standard InChI is InChI=1S/C2H3N3S2/c6-1-3-2(7)5-4-1/h(H3,3,4,5,6,7). The topological polar surface area (TPSA) is 41.6 Å². The lowest BCUT2D eigenvalue weighted by atomic mass is 11.3. The van der Waals surface area contributed by atoms with Gasteiger partial charge in [0.25, 0.3) is 0 Å². The highest BCUT2D eigenvalue weighted by Crippen LogP contribution is 1.98. The van der Waals surface area contributed by atoms with E-state index in [1.54, 1.807) is 0 Å². The molecular formula is C2H3N3S2. The van der Waals surface area contributed by atoms with Gasteiger partial charge < -0.3 is 4.98 Å². The van der Waals surface area contributed by atoms with E-state index in [4.69, 9.17) is 0 Å². The molecule has 0 radical (unpaired) electrons. The first-order chi connectivity index (χ1) is 3.29. The Morgan fingerprint density at radius 3 is 1.71 bits per heavy atom. The number of hydrogen-bond donors (Lipinski definition) is 3. The Morgan fingerprint density at radius 1 is 1.14 bits per heavy atom. The second kappa shape index (κ2) is 1.75. The molecule has 1 aromatic heterocycles. The Bertz CT molecular complexity index is 143. The van der Waals surface area contributed by atoms with Crippen LogP contribution >= 0.6 is 25.3 Å². The Kier molecular flexibility index (Phi) is 1.25. The molecule has 0 saturated carbocycles. The van der Waals surface area contributed by atoms with Crippen LogP contribution in [-0.4, -0.2) is 15.2 Å². The Hall–Kier alpha value is -0.160. The van der Waals surface area contributed by atoms with E-state index in [0.717, 1.165) is 0 Å². The van der Waals surface area contributed by atoms with E-state index in [9.17, 15) is 0 Å². The van der Waals surface area contributed by atoms with Gasteiger partial charge in [0.05, 0.1) is 0 Å². The molecule has 0 fully saturated rings. The third-order valence-electron chi connectivity index (χ3n) is 0.463. The molecule has 0 atom stereocenters. The van der Waals surface area contributed by atoms with E-state index in [0.29, 0.717) is 10.3 Å². The van der Waals surface area contributed by atoms with Crippen molar-refractivity contribution in [3.05, 3.63) is 0 Å². The minimum atomic E-state index is 0.491. The lowest BCUT2D eigenvalue weighted by Crippen LogP contribution is -1.62. The lowest BCUT2D eigenvalue weighted by molar-refractivity contribution is 0.960. The summed E-state index contributed by atoms with van der Waals surface area (Å²) in [6.07, 6.45) is 0. The van der Waals surface area contributed by atoms with Crippen molar-refractivity contribution >= 4 is 25.3 Å². The van der Waals surface area contributed by atoms with E-state index in [1.165, 1.54) is 0 Å². The first-order valence-corrected chi connectivity index (χ1v) is 2.49. The van der Waals surface area contributed by atoms with Crippen molar-refractivity contribution in [2.45, 2.75) is 10.3 Å². The summed E-state index contributed by atoms with van der Waals surface area (Å²) in [7, 11) is 0. The van der Waals surface area contributed by atoms with Crippen LogP contribution in [0.25, 0.3) is 0 Å². The van der Waals surface area contributed by atoms with Crippen LogP contribution in [0.3, 0.4) is 0 Å². The average molecular weight is 133 g/mol. The monoisotopic (exact) mass is 133 g/mol. The fourth-order valence-corrected chi connectivity index (χ4v) is 0.634. The maximum absolute atomic E-state index is 3.83. The molecule has 5 heteroatoms. The van der Waals surface area contributed by atoms with Gasteiger partial charge in [0.2, 0.25) is 0 Å². The maximum atomic E-state index is 3.83. The van der Waals surface area contributed by atoms with Gasteiger partial charge in [0.15, 0.2) is 10.3 Å². The predicted octanol–water partition coefficient (Wildman–Crippen LogP) is 0.382. The van der Waals surface area contributed by atoms with Crippen LogP contribution in [0.1, 0.15) is 0 Å². The molecule has 0 bridgehead atoms. The molecule has 0 aliphatic carbocycles. The highest BCUT2D eigenvalue weighted by atomic mass is 32.1. The molecule has 1 rings (SSSR count). The third-order valence-corrected chi connectivity index (χ3v) is 0.866. The molecule has 0 aromatic carbocycles. The van der Waals surface area contributed by atoms with Gasteiger partial charge in [-0.3, -0.25) is 0 Å². The van der Waals surface area contributed by atoms with Crippen LogP contribution in [-0.2, 0) is 0 Å². The largest absolute Gasteiger partial charge is 0.311 e. The van der Waals surface area contributed by atoms with Gasteiger partial charge >= 0.3 is 0 Å². The van der Waals surface area contributed by atoms with E-state index in [1.807, 2.05) is 0 Å². The number of aromatic nitrogens is 3. The molecule has 1 heterocycles. The van der Waals surface area contributed by atoms with Gasteiger partial charge in [0.1, 0.15) is 0 Å². The van der Waals surface area contributed by atoms with Gasteiger partial charge in [-0.2, -0.15) is 0 Å². The minimum Gasteiger partial charge on any atom is -0.311 e.